The zero-order chi connectivity index (χ0) is 28.9. The van der Waals surface area contributed by atoms with Crippen LogP contribution in [0.3, 0.4) is 0 Å². The van der Waals surface area contributed by atoms with Gasteiger partial charge in [-0.25, -0.2) is 9.97 Å². The number of benzene rings is 6. The van der Waals surface area contributed by atoms with Crippen LogP contribution in [0.25, 0.3) is 66.7 Å². The molecule has 3 heteroatoms. The predicted molar refractivity (Wildman–Crippen MR) is 180 cm³/mol. The van der Waals surface area contributed by atoms with Gasteiger partial charge in [-0.3, -0.25) is 0 Å². The number of nitrogens with zero attached hydrogens (tertiary/aromatic N) is 3. The molecule has 0 aliphatic heterocycles. The fourth-order valence-electron chi connectivity index (χ4n) is 6.49. The minimum atomic E-state index is 0.675. The molecule has 0 bridgehead atoms. The summed E-state index contributed by atoms with van der Waals surface area (Å²) in [6, 6.07) is 49.8. The molecule has 1 heterocycles. The average molecular weight is 552 g/mol. The van der Waals surface area contributed by atoms with Crippen LogP contribution in [0.2, 0.25) is 0 Å². The summed E-state index contributed by atoms with van der Waals surface area (Å²) in [5.74, 6) is 0.675. The Morgan fingerprint density at radius 1 is 0.465 bits per heavy atom. The highest BCUT2D eigenvalue weighted by Crippen LogP contribution is 2.48. The molecule has 0 saturated carbocycles. The average Bonchev–Trinajstić information content (AvgIpc) is 3.07. The van der Waals surface area contributed by atoms with Crippen molar-refractivity contribution in [1.29, 1.82) is 0 Å². The first-order chi connectivity index (χ1) is 21.2. The van der Waals surface area contributed by atoms with Gasteiger partial charge < -0.3 is 4.90 Å². The number of hydrogen-bond acceptors (Lipinski definition) is 3. The van der Waals surface area contributed by atoms with Crippen LogP contribution in [-0.2, 0) is 0 Å². The Hall–Kier alpha value is -5.54. The quantitative estimate of drug-likeness (QED) is 0.219. The molecule has 0 unspecified atom stereocenters. The van der Waals surface area contributed by atoms with E-state index < -0.39 is 0 Å². The SMILES string of the molecule is Cc1ccccc1N(C)c1nc(-c2ccc3c(c2)-c2ccccc2-c2ccccc2-c2ccccc2-3)c2ccccc2n1. The van der Waals surface area contributed by atoms with Crippen molar-refractivity contribution in [2.45, 2.75) is 6.92 Å². The molecule has 0 N–H and O–H groups in total. The summed E-state index contributed by atoms with van der Waals surface area (Å²) in [7, 11) is 2.04. The number of fused-ring (bicyclic) bond motifs is 9. The molecule has 43 heavy (non-hydrogen) atoms. The van der Waals surface area contributed by atoms with Gasteiger partial charge in [0, 0.05) is 23.7 Å². The van der Waals surface area contributed by atoms with Crippen molar-refractivity contribution < 1.29 is 0 Å². The number of rotatable bonds is 3. The first kappa shape index (κ1) is 25.2. The monoisotopic (exact) mass is 551 g/mol. The van der Waals surface area contributed by atoms with Crippen molar-refractivity contribution in [3.05, 3.63) is 145 Å². The van der Waals surface area contributed by atoms with E-state index in [-0.39, 0.29) is 0 Å². The van der Waals surface area contributed by atoms with Gasteiger partial charge >= 0.3 is 0 Å². The number of hydrogen-bond donors (Lipinski definition) is 0. The molecule has 204 valence electrons. The van der Waals surface area contributed by atoms with Gasteiger partial charge in [-0.15, -0.1) is 0 Å². The van der Waals surface area contributed by atoms with Crippen molar-refractivity contribution in [3.8, 4) is 55.8 Å². The summed E-state index contributed by atoms with van der Waals surface area (Å²) in [6.45, 7) is 2.12. The molecule has 0 saturated heterocycles. The lowest BCUT2D eigenvalue weighted by molar-refractivity contribution is 1.06. The standard InChI is InChI=1S/C40H29N3/c1-26-13-3-12-22-38(26)43(2)40-41-37-21-11-10-20-35(37)39(42-40)27-23-24-34-32-18-7-6-16-30(32)28-14-4-5-15-29(28)31-17-8-9-19-33(31)36(34)25-27/h3-25H,1-2H3. The lowest BCUT2D eigenvalue weighted by Crippen LogP contribution is -2.14. The van der Waals surface area contributed by atoms with Gasteiger partial charge in [0.25, 0.3) is 0 Å². The highest BCUT2D eigenvalue weighted by Gasteiger charge is 2.23. The van der Waals surface area contributed by atoms with E-state index in [1.54, 1.807) is 0 Å². The van der Waals surface area contributed by atoms with Crippen LogP contribution in [0.5, 0.6) is 0 Å². The van der Waals surface area contributed by atoms with E-state index in [2.05, 4.69) is 145 Å². The van der Waals surface area contributed by atoms with E-state index in [1.807, 2.05) is 13.1 Å². The second-order valence-corrected chi connectivity index (χ2v) is 11.1. The molecule has 1 aliphatic carbocycles. The Morgan fingerprint density at radius 2 is 0.953 bits per heavy atom. The summed E-state index contributed by atoms with van der Waals surface area (Å²) < 4.78 is 0. The molecule has 7 aromatic rings. The Kier molecular flexibility index (Phi) is 5.90. The third-order valence-electron chi connectivity index (χ3n) is 8.60. The number of aryl methyl sites for hydroxylation is 1. The summed E-state index contributed by atoms with van der Waals surface area (Å²) >= 11 is 0. The van der Waals surface area contributed by atoms with Crippen LogP contribution >= 0.6 is 0 Å². The molecular weight excluding hydrogens is 522 g/mol. The molecule has 3 nitrogen and oxygen atoms in total. The molecule has 1 aliphatic rings. The van der Waals surface area contributed by atoms with Crippen molar-refractivity contribution in [2.24, 2.45) is 0 Å². The number of anilines is 2. The lowest BCUT2D eigenvalue weighted by atomic mass is 9.80. The van der Waals surface area contributed by atoms with E-state index in [0.717, 1.165) is 27.8 Å². The third kappa shape index (κ3) is 4.12. The fraction of sp³-hybridized carbons (Fsp3) is 0.0500. The van der Waals surface area contributed by atoms with Crippen LogP contribution in [0.1, 0.15) is 5.56 Å². The Bertz CT molecular complexity index is 2170. The maximum Gasteiger partial charge on any atom is 0.230 e. The predicted octanol–water partition coefficient (Wildman–Crippen LogP) is 10.4. The molecule has 6 aromatic carbocycles. The van der Waals surface area contributed by atoms with Crippen LogP contribution in [0.15, 0.2) is 140 Å². The molecule has 1 aromatic heterocycles. The Balaban J connectivity index is 1.39. The molecule has 8 rings (SSSR count). The minimum absolute atomic E-state index is 0.675. The summed E-state index contributed by atoms with van der Waals surface area (Å²) in [6.07, 6.45) is 0. The van der Waals surface area contributed by atoms with Crippen molar-refractivity contribution in [2.75, 3.05) is 11.9 Å². The van der Waals surface area contributed by atoms with Crippen molar-refractivity contribution in [3.63, 3.8) is 0 Å². The van der Waals surface area contributed by atoms with E-state index >= 15 is 0 Å². The van der Waals surface area contributed by atoms with Gasteiger partial charge in [0.2, 0.25) is 5.95 Å². The number of aromatic nitrogens is 2. The summed E-state index contributed by atoms with van der Waals surface area (Å²) in [5.41, 5.74) is 15.0. The van der Waals surface area contributed by atoms with E-state index in [0.29, 0.717) is 5.95 Å². The van der Waals surface area contributed by atoms with Gasteiger partial charge in [-0.1, -0.05) is 121 Å². The normalized spacial score (nSPS) is 11.5. The highest BCUT2D eigenvalue weighted by molar-refractivity contribution is 6.04. The van der Waals surface area contributed by atoms with Gasteiger partial charge in [0.15, 0.2) is 0 Å². The molecule has 0 spiro atoms. The molecular formula is C40H29N3. The lowest BCUT2D eigenvalue weighted by Gasteiger charge is -2.24. The van der Waals surface area contributed by atoms with Crippen LogP contribution in [-0.4, -0.2) is 17.0 Å². The van der Waals surface area contributed by atoms with Crippen LogP contribution in [0, 0.1) is 6.92 Å². The zero-order valence-electron chi connectivity index (χ0n) is 24.1. The van der Waals surface area contributed by atoms with Crippen molar-refractivity contribution in [1.82, 2.24) is 9.97 Å². The van der Waals surface area contributed by atoms with E-state index in [4.69, 9.17) is 9.97 Å². The first-order valence-electron chi connectivity index (χ1n) is 14.7. The van der Waals surface area contributed by atoms with Crippen molar-refractivity contribution >= 4 is 22.5 Å². The van der Waals surface area contributed by atoms with Gasteiger partial charge in [-0.2, -0.15) is 0 Å². The largest absolute Gasteiger partial charge is 0.313 e. The molecule has 0 fully saturated rings. The fourth-order valence-corrected chi connectivity index (χ4v) is 6.49. The first-order valence-corrected chi connectivity index (χ1v) is 14.7. The zero-order valence-corrected chi connectivity index (χ0v) is 24.1. The van der Waals surface area contributed by atoms with E-state index in [1.165, 1.54) is 50.1 Å². The second kappa shape index (κ2) is 10.1. The van der Waals surface area contributed by atoms with Gasteiger partial charge in [0.05, 0.1) is 11.2 Å². The van der Waals surface area contributed by atoms with E-state index in [9.17, 15) is 0 Å². The van der Waals surface area contributed by atoms with Crippen LogP contribution in [0.4, 0.5) is 11.6 Å². The molecule has 0 atom stereocenters. The van der Waals surface area contributed by atoms with Crippen LogP contribution < -0.4 is 4.90 Å². The Morgan fingerprint density at radius 3 is 1.56 bits per heavy atom. The third-order valence-corrected chi connectivity index (χ3v) is 8.60. The molecule has 0 radical (unpaired) electrons. The Labute approximate surface area is 251 Å². The molecule has 0 amide bonds. The topological polar surface area (TPSA) is 29.0 Å². The minimum Gasteiger partial charge on any atom is -0.313 e. The maximum absolute atomic E-state index is 5.23. The second-order valence-electron chi connectivity index (χ2n) is 11.1. The highest BCUT2D eigenvalue weighted by atomic mass is 15.2. The summed E-state index contributed by atoms with van der Waals surface area (Å²) in [4.78, 5) is 12.3. The maximum atomic E-state index is 5.23. The smallest absolute Gasteiger partial charge is 0.230 e. The summed E-state index contributed by atoms with van der Waals surface area (Å²) in [5, 5.41) is 1.04. The number of para-hydroxylation sites is 2. The van der Waals surface area contributed by atoms with Gasteiger partial charge in [0.1, 0.15) is 0 Å². The van der Waals surface area contributed by atoms with Gasteiger partial charge in [-0.05, 0) is 75.2 Å².